The molecule has 0 radical (unpaired) electrons. The number of hydrogen-bond acceptors (Lipinski definition) is 6. The van der Waals surface area contributed by atoms with Crippen molar-refractivity contribution >= 4 is 23.9 Å². The van der Waals surface area contributed by atoms with Gasteiger partial charge in [0, 0.05) is 13.0 Å². The maximum Gasteiger partial charge on any atom is 0.408 e. The van der Waals surface area contributed by atoms with Crippen LogP contribution < -0.4 is 11.1 Å². The SMILES string of the molecule is CCOC(=O)CC[C@H](C)/C=C\CCCCC[C@H](NC(=O)OC(C)(C)C)C(=O)N1CCC[C@H]1C(N)=O. The molecule has 200 valence electrons. The number of nitrogens with one attached hydrogen (secondary N) is 1. The minimum absolute atomic E-state index is 0.159. The maximum atomic E-state index is 13.2. The summed E-state index contributed by atoms with van der Waals surface area (Å²) < 4.78 is 10.3. The first-order chi connectivity index (χ1) is 16.4. The van der Waals surface area contributed by atoms with E-state index in [0.717, 1.165) is 32.1 Å². The van der Waals surface area contributed by atoms with Gasteiger partial charge in [0.2, 0.25) is 11.8 Å². The lowest BCUT2D eigenvalue weighted by Crippen LogP contribution is -2.53. The number of rotatable bonds is 14. The van der Waals surface area contributed by atoms with E-state index < -0.39 is 29.7 Å². The van der Waals surface area contributed by atoms with Gasteiger partial charge in [0.05, 0.1) is 6.61 Å². The smallest absolute Gasteiger partial charge is 0.408 e. The number of likely N-dealkylation sites (tertiary alicyclic amines) is 1. The predicted molar refractivity (Wildman–Crippen MR) is 134 cm³/mol. The lowest BCUT2D eigenvalue weighted by Gasteiger charge is -2.28. The highest BCUT2D eigenvalue weighted by atomic mass is 16.6. The number of ether oxygens (including phenoxy) is 2. The number of carbonyl (C=O) groups is 4. The number of alkyl carbamates (subject to hydrolysis) is 1. The number of nitrogens with zero attached hydrogens (tertiary/aromatic N) is 1. The Morgan fingerprint density at radius 2 is 1.86 bits per heavy atom. The number of esters is 1. The zero-order valence-electron chi connectivity index (χ0n) is 22.1. The van der Waals surface area contributed by atoms with Crippen molar-refractivity contribution in [1.82, 2.24) is 10.2 Å². The van der Waals surface area contributed by atoms with E-state index >= 15 is 0 Å². The van der Waals surface area contributed by atoms with E-state index in [9.17, 15) is 19.2 Å². The van der Waals surface area contributed by atoms with Gasteiger partial charge in [-0.1, -0.05) is 31.9 Å². The summed E-state index contributed by atoms with van der Waals surface area (Å²) in [5.41, 5.74) is 4.79. The van der Waals surface area contributed by atoms with Crippen molar-refractivity contribution in [2.24, 2.45) is 11.7 Å². The van der Waals surface area contributed by atoms with Crippen LogP contribution in [0.25, 0.3) is 0 Å². The van der Waals surface area contributed by atoms with Gasteiger partial charge in [-0.05, 0) is 72.1 Å². The Morgan fingerprint density at radius 3 is 2.49 bits per heavy atom. The molecular weight excluding hydrogens is 450 g/mol. The molecule has 35 heavy (non-hydrogen) atoms. The molecule has 0 spiro atoms. The molecule has 9 heteroatoms. The van der Waals surface area contributed by atoms with Crippen LogP contribution in [0.5, 0.6) is 0 Å². The second kappa shape index (κ2) is 15.4. The van der Waals surface area contributed by atoms with Gasteiger partial charge in [-0.15, -0.1) is 0 Å². The molecule has 0 saturated carbocycles. The summed E-state index contributed by atoms with van der Waals surface area (Å²) >= 11 is 0. The lowest BCUT2D eigenvalue weighted by molar-refractivity contribution is -0.143. The van der Waals surface area contributed by atoms with Crippen LogP contribution in [-0.2, 0) is 23.9 Å². The molecular formula is C26H45N3O6. The van der Waals surface area contributed by atoms with Gasteiger partial charge in [0.15, 0.2) is 0 Å². The second-order valence-corrected chi connectivity index (χ2v) is 10.2. The molecule has 9 nitrogen and oxygen atoms in total. The van der Waals surface area contributed by atoms with Crippen molar-refractivity contribution in [3.05, 3.63) is 12.2 Å². The Kier molecular flexibility index (Phi) is 13.4. The fraction of sp³-hybridized carbons (Fsp3) is 0.769. The van der Waals surface area contributed by atoms with Gasteiger partial charge in [-0.2, -0.15) is 0 Å². The third-order valence-corrected chi connectivity index (χ3v) is 5.79. The summed E-state index contributed by atoms with van der Waals surface area (Å²) in [7, 11) is 0. The summed E-state index contributed by atoms with van der Waals surface area (Å²) in [4.78, 5) is 50.2. The molecule has 1 saturated heterocycles. The van der Waals surface area contributed by atoms with Crippen molar-refractivity contribution in [3.63, 3.8) is 0 Å². The number of primary amides is 1. The number of carbonyl (C=O) groups excluding carboxylic acids is 4. The Bertz CT molecular complexity index is 731. The topological polar surface area (TPSA) is 128 Å². The quantitative estimate of drug-likeness (QED) is 0.214. The largest absolute Gasteiger partial charge is 0.466 e. The van der Waals surface area contributed by atoms with Gasteiger partial charge in [0.25, 0.3) is 0 Å². The van der Waals surface area contributed by atoms with E-state index in [2.05, 4.69) is 24.4 Å². The highest BCUT2D eigenvalue weighted by Gasteiger charge is 2.36. The van der Waals surface area contributed by atoms with E-state index in [1.807, 2.05) is 0 Å². The van der Waals surface area contributed by atoms with Crippen molar-refractivity contribution in [2.45, 2.75) is 110 Å². The summed E-state index contributed by atoms with van der Waals surface area (Å²) in [5.74, 6) is -0.659. The molecule has 3 N–H and O–H groups in total. The van der Waals surface area contributed by atoms with Crippen molar-refractivity contribution < 1.29 is 28.7 Å². The van der Waals surface area contributed by atoms with E-state index in [1.54, 1.807) is 27.7 Å². The van der Waals surface area contributed by atoms with E-state index in [-0.39, 0.29) is 11.9 Å². The van der Waals surface area contributed by atoms with Gasteiger partial charge in [-0.3, -0.25) is 14.4 Å². The predicted octanol–water partition coefficient (Wildman–Crippen LogP) is 3.84. The molecule has 3 amide bonds. The van der Waals surface area contributed by atoms with Gasteiger partial charge < -0.3 is 25.4 Å². The first-order valence-electron chi connectivity index (χ1n) is 12.9. The molecule has 0 aliphatic carbocycles. The molecule has 1 rings (SSSR count). The minimum atomic E-state index is -0.761. The molecule has 0 aromatic carbocycles. The molecule has 1 fully saturated rings. The highest BCUT2D eigenvalue weighted by molar-refractivity contribution is 5.91. The van der Waals surface area contributed by atoms with E-state index in [4.69, 9.17) is 15.2 Å². The first-order valence-corrected chi connectivity index (χ1v) is 12.9. The van der Waals surface area contributed by atoms with Gasteiger partial charge in [0.1, 0.15) is 17.7 Å². The molecule has 1 aliphatic heterocycles. The third-order valence-electron chi connectivity index (χ3n) is 5.79. The summed E-state index contributed by atoms with van der Waals surface area (Å²) in [5, 5.41) is 2.70. The van der Waals surface area contributed by atoms with E-state index in [1.165, 1.54) is 4.90 Å². The summed E-state index contributed by atoms with van der Waals surface area (Å²) in [6.07, 6.45) is 9.98. The van der Waals surface area contributed by atoms with Crippen LogP contribution in [0.3, 0.4) is 0 Å². The van der Waals surface area contributed by atoms with Crippen LogP contribution in [0.4, 0.5) is 4.79 Å². The lowest BCUT2D eigenvalue weighted by atomic mass is 10.0. The Balaban J connectivity index is 2.52. The summed E-state index contributed by atoms with van der Waals surface area (Å²) in [6, 6.07) is -1.38. The first kappa shape index (κ1) is 30.5. The van der Waals surface area contributed by atoms with Gasteiger partial charge in [-0.25, -0.2) is 4.79 Å². The number of amides is 3. The van der Waals surface area contributed by atoms with E-state index in [0.29, 0.717) is 44.8 Å². The monoisotopic (exact) mass is 495 g/mol. The zero-order chi connectivity index (χ0) is 26.4. The zero-order valence-corrected chi connectivity index (χ0v) is 22.1. The Hall–Kier alpha value is -2.58. The number of unbranched alkanes of at least 4 members (excludes halogenated alkanes) is 3. The highest BCUT2D eigenvalue weighted by Crippen LogP contribution is 2.20. The van der Waals surface area contributed by atoms with Crippen molar-refractivity contribution in [3.8, 4) is 0 Å². The summed E-state index contributed by atoms with van der Waals surface area (Å²) in [6.45, 7) is 10.0. The van der Waals surface area contributed by atoms with Crippen LogP contribution in [0, 0.1) is 5.92 Å². The number of nitrogens with two attached hydrogens (primary N) is 1. The Labute approximate surface area is 210 Å². The van der Waals surface area contributed by atoms with Gasteiger partial charge >= 0.3 is 12.1 Å². The molecule has 0 aromatic rings. The standard InChI is InChI=1S/C26H45N3O6/c1-6-34-22(30)17-16-19(2)13-10-8-7-9-11-14-20(28-25(33)35-26(3,4)5)24(32)29-18-12-15-21(29)23(27)31/h10,13,19-21H,6-9,11-12,14-18H2,1-5H3,(H2,27,31)(H,28,33)/b13-10-/t19-,20+,21+/m1/s1. The van der Waals surface area contributed by atoms with Crippen LogP contribution >= 0.6 is 0 Å². The number of hydrogen-bond donors (Lipinski definition) is 2. The maximum absolute atomic E-state index is 13.2. The normalized spacial score (nSPS) is 17.7. The molecule has 0 unspecified atom stereocenters. The average Bonchev–Trinajstić information content (AvgIpc) is 3.25. The molecule has 0 bridgehead atoms. The Morgan fingerprint density at radius 1 is 1.14 bits per heavy atom. The molecule has 1 heterocycles. The average molecular weight is 496 g/mol. The minimum Gasteiger partial charge on any atom is -0.466 e. The van der Waals surface area contributed by atoms with Crippen LogP contribution in [0.2, 0.25) is 0 Å². The van der Waals surface area contributed by atoms with Crippen molar-refractivity contribution in [1.29, 1.82) is 0 Å². The van der Waals surface area contributed by atoms with Crippen LogP contribution in [0.1, 0.15) is 92.4 Å². The van der Waals surface area contributed by atoms with Crippen LogP contribution in [0.15, 0.2) is 12.2 Å². The van der Waals surface area contributed by atoms with Crippen molar-refractivity contribution in [2.75, 3.05) is 13.2 Å². The fourth-order valence-corrected chi connectivity index (χ4v) is 4.02. The molecule has 3 atom stereocenters. The van der Waals surface area contributed by atoms with Crippen LogP contribution in [-0.4, -0.2) is 59.6 Å². The molecule has 1 aliphatic rings. The second-order valence-electron chi connectivity index (χ2n) is 10.2. The third kappa shape index (κ3) is 12.6. The number of allylic oxidation sites excluding steroid dienone is 2. The molecule has 0 aromatic heterocycles. The fourth-order valence-electron chi connectivity index (χ4n) is 4.02.